The van der Waals surface area contributed by atoms with Gasteiger partial charge in [-0.25, -0.2) is 4.98 Å². The molecule has 2 heteroatoms. The smallest absolute Gasteiger partial charge is 0.100 e. The molecule has 0 aliphatic heterocycles. The average molecular weight is 320 g/mol. The van der Waals surface area contributed by atoms with E-state index in [9.17, 15) is 0 Å². The number of aryl methyl sites for hydroxylation is 2. The van der Waals surface area contributed by atoms with Crippen molar-refractivity contribution in [2.75, 3.05) is 0 Å². The lowest BCUT2D eigenvalue weighted by Gasteiger charge is -2.20. The summed E-state index contributed by atoms with van der Waals surface area (Å²) in [5.41, 5.74) is 6.40. The minimum absolute atomic E-state index is 1.10. The number of hydrogen-bond donors (Lipinski definition) is 0. The van der Waals surface area contributed by atoms with Crippen molar-refractivity contribution in [1.29, 1.82) is 0 Å². The second-order valence-electron chi connectivity index (χ2n) is 6.83. The van der Waals surface area contributed by atoms with Gasteiger partial charge >= 0.3 is 0 Å². The molecule has 0 spiro atoms. The van der Waals surface area contributed by atoms with Crippen molar-refractivity contribution in [1.82, 2.24) is 9.55 Å². The van der Waals surface area contributed by atoms with Gasteiger partial charge in [0.25, 0.3) is 0 Å². The van der Waals surface area contributed by atoms with E-state index in [1.165, 1.54) is 38.2 Å². The number of aromatic nitrogens is 2. The Kier molecular flexibility index (Phi) is 2.48. The zero-order chi connectivity index (χ0) is 16.4. The monoisotopic (exact) mass is 320 g/mol. The average Bonchev–Trinajstić information content (AvgIpc) is 3.13. The molecular formula is C23H16N2. The van der Waals surface area contributed by atoms with Crippen LogP contribution in [-0.4, -0.2) is 9.55 Å². The molecular weight excluding hydrogens is 304 g/mol. The number of fused-ring (bicyclic) bond motifs is 3. The van der Waals surface area contributed by atoms with Crippen LogP contribution in [-0.2, 0) is 12.8 Å². The van der Waals surface area contributed by atoms with Crippen LogP contribution in [0.15, 0.2) is 73.1 Å². The van der Waals surface area contributed by atoms with Gasteiger partial charge in [0.15, 0.2) is 0 Å². The van der Waals surface area contributed by atoms with Crippen LogP contribution in [0, 0.1) is 0 Å². The summed E-state index contributed by atoms with van der Waals surface area (Å²) in [6, 6.07) is 23.9. The quantitative estimate of drug-likeness (QED) is 0.377. The molecule has 0 N–H and O–H groups in total. The molecule has 0 saturated carbocycles. The second kappa shape index (κ2) is 4.70. The molecule has 1 aromatic heterocycles. The molecule has 2 nitrogen and oxygen atoms in total. The maximum absolute atomic E-state index is 4.83. The van der Waals surface area contributed by atoms with Gasteiger partial charge in [0.2, 0.25) is 0 Å². The van der Waals surface area contributed by atoms with Crippen molar-refractivity contribution in [3.8, 4) is 5.69 Å². The number of hydrogen-bond acceptors (Lipinski definition) is 1. The highest BCUT2D eigenvalue weighted by Crippen LogP contribution is 2.41. The van der Waals surface area contributed by atoms with E-state index in [4.69, 9.17) is 4.98 Å². The molecule has 4 aromatic carbocycles. The molecule has 0 saturated heterocycles. The van der Waals surface area contributed by atoms with E-state index in [1.807, 2.05) is 6.33 Å². The Hall–Kier alpha value is -3.13. The maximum Gasteiger partial charge on any atom is 0.100 e. The molecule has 0 fully saturated rings. The van der Waals surface area contributed by atoms with Gasteiger partial charge in [0.05, 0.1) is 11.0 Å². The van der Waals surface area contributed by atoms with Crippen LogP contribution in [0.3, 0.4) is 0 Å². The highest BCUT2D eigenvalue weighted by molar-refractivity contribution is 6.25. The first-order valence-electron chi connectivity index (χ1n) is 8.79. The Morgan fingerprint density at radius 1 is 0.680 bits per heavy atom. The normalized spacial score (nSPS) is 13.3. The van der Waals surface area contributed by atoms with Crippen LogP contribution in [0.4, 0.5) is 0 Å². The summed E-state index contributed by atoms with van der Waals surface area (Å²) in [7, 11) is 0. The molecule has 0 unspecified atom stereocenters. The number of benzene rings is 4. The lowest BCUT2D eigenvalue weighted by atomic mass is 9.85. The summed E-state index contributed by atoms with van der Waals surface area (Å²) in [6.45, 7) is 0. The minimum Gasteiger partial charge on any atom is -0.298 e. The van der Waals surface area contributed by atoms with E-state index in [2.05, 4.69) is 71.3 Å². The fourth-order valence-electron chi connectivity index (χ4n) is 4.46. The number of rotatable bonds is 1. The first-order chi connectivity index (χ1) is 12.4. The van der Waals surface area contributed by atoms with Crippen LogP contribution < -0.4 is 0 Å². The number of imidazole rings is 1. The summed E-state index contributed by atoms with van der Waals surface area (Å²) in [5.74, 6) is 0. The third-order valence-electron chi connectivity index (χ3n) is 5.53. The van der Waals surface area contributed by atoms with Crippen molar-refractivity contribution in [3.05, 3.63) is 84.2 Å². The van der Waals surface area contributed by atoms with Gasteiger partial charge in [-0.2, -0.15) is 0 Å². The summed E-state index contributed by atoms with van der Waals surface area (Å²) in [5, 5.41) is 5.42. The van der Waals surface area contributed by atoms with Crippen molar-refractivity contribution in [2.24, 2.45) is 0 Å². The van der Waals surface area contributed by atoms with Crippen LogP contribution in [0.1, 0.15) is 11.1 Å². The van der Waals surface area contributed by atoms with Crippen LogP contribution in [0.5, 0.6) is 0 Å². The van der Waals surface area contributed by atoms with E-state index in [0.29, 0.717) is 0 Å². The van der Waals surface area contributed by atoms with Gasteiger partial charge in [-0.05, 0) is 46.9 Å². The standard InChI is InChI=1S/C23H16N2/c1-2-8-17(9-3-1)25-14-24-22-18-10-4-6-15-12-13-16-7-5-11-19(23(22)25)21(16)20(15)18/h1-11,14H,12-13H2. The van der Waals surface area contributed by atoms with Gasteiger partial charge in [-0.3, -0.25) is 4.57 Å². The Labute approximate surface area is 145 Å². The second-order valence-corrected chi connectivity index (χ2v) is 6.83. The molecule has 25 heavy (non-hydrogen) atoms. The zero-order valence-electron chi connectivity index (χ0n) is 13.7. The fourth-order valence-corrected chi connectivity index (χ4v) is 4.46. The van der Waals surface area contributed by atoms with E-state index < -0.39 is 0 Å². The molecule has 1 aliphatic rings. The predicted molar refractivity (Wildman–Crippen MR) is 103 cm³/mol. The first kappa shape index (κ1) is 13.2. The van der Waals surface area contributed by atoms with Gasteiger partial charge < -0.3 is 0 Å². The molecule has 0 bridgehead atoms. The van der Waals surface area contributed by atoms with Crippen molar-refractivity contribution < 1.29 is 0 Å². The topological polar surface area (TPSA) is 17.8 Å². The van der Waals surface area contributed by atoms with Crippen LogP contribution >= 0.6 is 0 Å². The summed E-state index contributed by atoms with van der Waals surface area (Å²) in [6.07, 6.45) is 4.21. The van der Waals surface area contributed by atoms with Crippen LogP contribution in [0.25, 0.3) is 38.3 Å². The Morgan fingerprint density at radius 3 is 2.12 bits per heavy atom. The van der Waals surface area contributed by atoms with Crippen molar-refractivity contribution >= 4 is 32.6 Å². The fraction of sp³-hybridized carbons (Fsp3) is 0.0870. The van der Waals surface area contributed by atoms with Gasteiger partial charge in [-0.1, -0.05) is 54.6 Å². The largest absolute Gasteiger partial charge is 0.298 e. The molecule has 6 rings (SSSR count). The lowest BCUT2D eigenvalue weighted by Crippen LogP contribution is -2.02. The molecule has 118 valence electrons. The highest BCUT2D eigenvalue weighted by Gasteiger charge is 2.20. The number of para-hydroxylation sites is 1. The molecule has 0 atom stereocenters. The van der Waals surface area contributed by atoms with E-state index in [1.54, 1.807) is 0 Å². The molecule has 0 radical (unpaired) electrons. The lowest BCUT2D eigenvalue weighted by molar-refractivity contribution is 0.968. The van der Waals surface area contributed by atoms with Gasteiger partial charge in [-0.15, -0.1) is 0 Å². The van der Waals surface area contributed by atoms with E-state index in [0.717, 1.165) is 24.0 Å². The molecule has 1 heterocycles. The molecule has 1 aliphatic carbocycles. The summed E-state index contributed by atoms with van der Waals surface area (Å²) < 4.78 is 2.23. The Bertz CT molecular complexity index is 1280. The van der Waals surface area contributed by atoms with Crippen molar-refractivity contribution in [3.63, 3.8) is 0 Å². The highest BCUT2D eigenvalue weighted by atomic mass is 15.0. The third-order valence-corrected chi connectivity index (χ3v) is 5.53. The predicted octanol–water partition coefficient (Wildman–Crippen LogP) is 5.43. The first-order valence-corrected chi connectivity index (χ1v) is 8.79. The van der Waals surface area contributed by atoms with Crippen LogP contribution in [0.2, 0.25) is 0 Å². The Balaban J connectivity index is 1.92. The molecule has 5 aromatic rings. The summed E-state index contributed by atoms with van der Waals surface area (Å²) >= 11 is 0. The SMILES string of the molecule is c1ccc(-n2cnc3c4cccc5c4c4c(cccc4c32)CC5)cc1. The summed E-state index contributed by atoms with van der Waals surface area (Å²) in [4.78, 5) is 4.83. The number of nitrogens with zero attached hydrogens (tertiary/aromatic N) is 2. The van der Waals surface area contributed by atoms with Crippen molar-refractivity contribution in [2.45, 2.75) is 12.8 Å². The van der Waals surface area contributed by atoms with E-state index >= 15 is 0 Å². The minimum atomic E-state index is 1.10. The van der Waals surface area contributed by atoms with Gasteiger partial charge in [0.1, 0.15) is 6.33 Å². The third kappa shape index (κ3) is 1.66. The molecule has 0 amide bonds. The van der Waals surface area contributed by atoms with E-state index in [-0.39, 0.29) is 0 Å². The Morgan fingerprint density at radius 2 is 1.36 bits per heavy atom. The maximum atomic E-state index is 4.83. The van der Waals surface area contributed by atoms with Gasteiger partial charge in [0, 0.05) is 16.5 Å². The zero-order valence-corrected chi connectivity index (χ0v) is 13.7.